The van der Waals surface area contributed by atoms with Crippen molar-refractivity contribution in [1.82, 2.24) is 25.3 Å². The van der Waals surface area contributed by atoms with Crippen LogP contribution >= 0.6 is 0 Å². The fourth-order valence-electron chi connectivity index (χ4n) is 2.81. The number of aliphatic imine (C=N–C) groups is 1. The van der Waals surface area contributed by atoms with E-state index in [0.29, 0.717) is 11.4 Å². The van der Waals surface area contributed by atoms with Gasteiger partial charge in [0.25, 0.3) is 0 Å². The molecule has 2 heterocycles. The number of aromatic nitrogens is 4. The number of alkyl halides is 3. The van der Waals surface area contributed by atoms with Gasteiger partial charge in [-0.25, -0.2) is 0 Å². The van der Waals surface area contributed by atoms with Crippen LogP contribution in [-0.4, -0.2) is 39.1 Å². The van der Waals surface area contributed by atoms with Crippen LogP contribution in [0.2, 0.25) is 0 Å². The van der Waals surface area contributed by atoms with E-state index in [1.165, 1.54) is 18.3 Å². The highest BCUT2D eigenvalue weighted by Crippen LogP contribution is 2.34. The molecule has 0 aliphatic carbocycles. The first-order valence-electron chi connectivity index (χ1n) is 8.71. The summed E-state index contributed by atoms with van der Waals surface area (Å²) >= 11 is 0. The van der Waals surface area contributed by atoms with Crippen molar-refractivity contribution in [3.63, 3.8) is 0 Å². The highest BCUT2D eigenvalue weighted by Gasteiger charge is 2.38. The van der Waals surface area contributed by atoms with E-state index in [1.54, 1.807) is 6.20 Å². The second-order valence-corrected chi connectivity index (χ2v) is 6.37. The van der Waals surface area contributed by atoms with Crippen molar-refractivity contribution in [2.75, 3.05) is 7.05 Å². The summed E-state index contributed by atoms with van der Waals surface area (Å²) in [7, 11) is 1.88. The smallest absolute Gasteiger partial charge is 0.372 e. The average Bonchev–Trinajstić information content (AvgIpc) is 3.22. The molecule has 0 aliphatic rings. The molecule has 0 bridgehead atoms. The van der Waals surface area contributed by atoms with Crippen LogP contribution in [0.15, 0.2) is 59.9 Å². The second kappa shape index (κ2) is 8.26. The van der Waals surface area contributed by atoms with Gasteiger partial charge < -0.3 is 4.90 Å². The van der Waals surface area contributed by atoms with Gasteiger partial charge in [0.05, 0.1) is 11.7 Å². The average molecular weight is 400 g/mol. The van der Waals surface area contributed by atoms with Gasteiger partial charge in [0.2, 0.25) is 0 Å². The van der Waals surface area contributed by atoms with Gasteiger partial charge in [-0.2, -0.15) is 28.6 Å². The molecule has 1 atom stereocenters. The van der Waals surface area contributed by atoms with Gasteiger partial charge in [0.15, 0.2) is 5.69 Å². The van der Waals surface area contributed by atoms with Crippen molar-refractivity contribution >= 4 is 12.4 Å². The molecule has 3 rings (SSSR count). The third kappa shape index (κ3) is 4.50. The molecule has 9 heteroatoms. The summed E-state index contributed by atoms with van der Waals surface area (Å²) in [6.45, 7) is 5.60. The van der Waals surface area contributed by atoms with Crippen LogP contribution in [0.1, 0.15) is 29.9 Å². The lowest BCUT2D eigenvalue weighted by molar-refractivity contribution is -0.140. The Morgan fingerprint density at radius 2 is 1.93 bits per heavy atom. The Kier molecular flexibility index (Phi) is 5.76. The minimum absolute atomic E-state index is 0.0449. The first kappa shape index (κ1) is 20.2. The summed E-state index contributed by atoms with van der Waals surface area (Å²) < 4.78 is 39.4. The van der Waals surface area contributed by atoms with Gasteiger partial charge in [-0.05, 0) is 31.3 Å². The first-order valence-corrected chi connectivity index (χ1v) is 8.71. The van der Waals surface area contributed by atoms with Gasteiger partial charge >= 0.3 is 6.18 Å². The van der Waals surface area contributed by atoms with Gasteiger partial charge in [-0.1, -0.05) is 30.3 Å². The van der Waals surface area contributed by atoms with E-state index in [0.717, 1.165) is 5.56 Å². The highest BCUT2D eigenvalue weighted by molar-refractivity contribution is 5.70. The van der Waals surface area contributed by atoms with Crippen LogP contribution in [0.3, 0.4) is 0 Å². The van der Waals surface area contributed by atoms with E-state index in [1.807, 2.05) is 54.4 Å². The number of benzene rings is 1. The third-order valence-corrected chi connectivity index (χ3v) is 4.50. The molecule has 0 saturated heterocycles. The zero-order valence-electron chi connectivity index (χ0n) is 15.9. The lowest BCUT2D eigenvalue weighted by Gasteiger charge is -2.24. The molecule has 1 unspecified atom stereocenters. The van der Waals surface area contributed by atoms with Gasteiger partial charge in [0, 0.05) is 25.0 Å². The number of aromatic amines is 1. The minimum Gasteiger partial charge on any atom is -0.372 e. The largest absolute Gasteiger partial charge is 0.437 e. The Morgan fingerprint density at radius 1 is 1.21 bits per heavy atom. The molecule has 0 saturated carbocycles. The standard InChI is InChI=1S/C20H19F3N6/c1-13(14-7-5-4-6-8-14)29(3)12-17(24-2)16-11-15(9-10-25-16)18-19(20(21,22)23)27-28-26-18/h4-13H,2H2,1,3H3,(H,26,27,28)/b17-12-. The molecule has 1 aromatic carbocycles. The summed E-state index contributed by atoms with van der Waals surface area (Å²) in [6, 6.07) is 12.8. The summed E-state index contributed by atoms with van der Waals surface area (Å²) in [5, 5.41) is 8.90. The number of hydrogen-bond acceptors (Lipinski definition) is 5. The number of nitrogens with one attached hydrogen (secondary N) is 1. The van der Waals surface area contributed by atoms with E-state index < -0.39 is 11.9 Å². The fourth-order valence-corrected chi connectivity index (χ4v) is 2.81. The topological polar surface area (TPSA) is 70.1 Å². The molecular weight excluding hydrogens is 381 g/mol. The summed E-state index contributed by atoms with van der Waals surface area (Å²) in [5.74, 6) is 0. The van der Waals surface area contributed by atoms with Crippen LogP contribution in [0, 0.1) is 0 Å². The number of halogens is 3. The zero-order valence-corrected chi connectivity index (χ0v) is 15.9. The molecule has 2 aromatic heterocycles. The molecule has 0 fully saturated rings. The monoisotopic (exact) mass is 400 g/mol. The van der Waals surface area contributed by atoms with Gasteiger partial charge in [0.1, 0.15) is 11.4 Å². The number of H-pyrrole nitrogens is 1. The summed E-state index contributed by atoms with van der Waals surface area (Å²) in [4.78, 5) is 10.2. The summed E-state index contributed by atoms with van der Waals surface area (Å²) in [6.07, 6.45) is -1.46. The summed E-state index contributed by atoms with van der Waals surface area (Å²) in [5.41, 5.74) is 0.755. The van der Waals surface area contributed by atoms with Crippen LogP contribution in [-0.2, 0) is 6.18 Å². The predicted molar refractivity (Wildman–Crippen MR) is 105 cm³/mol. The Balaban J connectivity index is 1.93. The quantitative estimate of drug-likeness (QED) is 0.615. The second-order valence-electron chi connectivity index (χ2n) is 6.37. The lowest BCUT2D eigenvalue weighted by Crippen LogP contribution is -2.16. The van der Waals surface area contributed by atoms with Crippen LogP contribution in [0.5, 0.6) is 0 Å². The molecule has 6 nitrogen and oxygen atoms in total. The number of hydrogen-bond donors (Lipinski definition) is 1. The number of nitrogens with zero attached hydrogens (tertiary/aromatic N) is 5. The molecular formula is C20H19F3N6. The predicted octanol–water partition coefficient (Wildman–Crippen LogP) is 4.58. The SMILES string of the molecule is C=N/C(=C\N(C)C(C)c1ccccc1)c1cc(-c2n[nH]nc2C(F)(F)F)ccn1. The van der Waals surface area contributed by atoms with E-state index in [4.69, 9.17) is 0 Å². The van der Waals surface area contributed by atoms with Crippen LogP contribution < -0.4 is 0 Å². The molecule has 150 valence electrons. The molecule has 0 amide bonds. The lowest BCUT2D eigenvalue weighted by atomic mass is 10.1. The Bertz CT molecular complexity index is 1010. The normalized spacial score (nSPS) is 13.2. The van der Waals surface area contributed by atoms with Crippen molar-refractivity contribution in [3.8, 4) is 11.3 Å². The maximum absolute atomic E-state index is 13.1. The van der Waals surface area contributed by atoms with Crippen molar-refractivity contribution in [2.45, 2.75) is 19.1 Å². The maximum Gasteiger partial charge on any atom is 0.437 e. The highest BCUT2D eigenvalue weighted by atomic mass is 19.4. The van der Waals surface area contributed by atoms with Crippen molar-refractivity contribution in [3.05, 3.63) is 71.8 Å². The molecule has 0 aliphatic heterocycles. The minimum atomic E-state index is -4.62. The molecule has 1 N–H and O–H groups in total. The molecule has 0 radical (unpaired) electrons. The maximum atomic E-state index is 13.1. The van der Waals surface area contributed by atoms with E-state index >= 15 is 0 Å². The van der Waals surface area contributed by atoms with Crippen LogP contribution in [0.4, 0.5) is 13.2 Å². The molecule has 0 spiro atoms. The Hall–Kier alpha value is -3.49. The van der Waals surface area contributed by atoms with Crippen molar-refractivity contribution < 1.29 is 13.2 Å². The number of pyridine rings is 1. The van der Waals surface area contributed by atoms with Crippen molar-refractivity contribution in [1.29, 1.82) is 0 Å². The van der Waals surface area contributed by atoms with E-state index in [2.05, 4.69) is 26.9 Å². The Labute approximate surface area is 165 Å². The van der Waals surface area contributed by atoms with Gasteiger partial charge in [-0.3, -0.25) is 9.98 Å². The van der Waals surface area contributed by atoms with E-state index in [-0.39, 0.29) is 17.3 Å². The zero-order chi connectivity index (χ0) is 21.0. The van der Waals surface area contributed by atoms with Crippen LogP contribution in [0.25, 0.3) is 17.0 Å². The van der Waals surface area contributed by atoms with Crippen molar-refractivity contribution in [2.24, 2.45) is 4.99 Å². The van der Waals surface area contributed by atoms with E-state index in [9.17, 15) is 13.2 Å². The Morgan fingerprint density at radius 3 is 2.59 bits per heavy atom. The first-order chi connectivity index (χ1) is 13.8. The molecule has 29 heavy (non-hydrogen) atoms. The van der Waals surface area contributed by atoms with Gasteiger partial charge in [-0.15, -0.1) is 0 Å². The number of rotatable bonds is 6. The third-order valence-electron chi connectivity index (χ3n) is 4.50. The fraction of sp³-hybridized carbons (Fsp3) is 0.200. The molecule has 3 aromatic rings.